The van der Waals surface area contributed by atoms with E-state index < -0.39 is 22.7 Å². The number of hydrogen-bond donors (Lipinski definition) is 1. The molecule has 110 valence electrons. The number of thioether (sulfide) groups is 1. The minimum atomic E-state index is -0.960. The Balaban J connectivity index is 2.00. The summed E-state index contributed by atoms with van der Waals surface area (Å²) >= 11 is 1.09. The first-order valence-electron chi connectivity index (χ1n) is 6.14. The molecule has 2 aromatic rings. The van der Waals surface area contributed by atoms with Crippen molar-refractivity contribution in [3.63, 3.8) is 0 Å². The van der Waals surface area contributed by atoms with Gasteiger partial charge >= 0.3 is 0 Å². The van der Waals surface area contributed by atoms with Crippen LogP contribution >= 0.6 is 11.8 Å². The van der Waals surface area contributed by atoms with E-state index in [1.54, 1.807) is 13.0 Å². The van der Waals surface area contributed by atoms with Crippen LogP contribution in [0.2, 0.25) is 0 Å². The Morgan fingerprint density at radius 2 is 1.86 bits per heavy atom. The molecular formula is C15H12F3NOS. The van der Waals surface area contributed by atoms with E-state index in [0.29, 0.717) is 10.6 Å². The quantitative estimate of drug-likeness (QED) is 0.856. The lowest BCUT2D eigenvalue weighted by atomic mass is 10.3. The number of hydrogen-bond acceptors (Lipinski definition) is 2. The van der Waals surface area contributed by atoms with Gasteiger partial charge in [0.1, 0.15) is 5.82 Å². The van der Waals surface area contributed by atoms with Gasteiger partial charge in [-0.1, -0.05) is 6.07 Å². The van der Waals surface area contributed by atoms with Crippen LogP contribution in [-0.4, -0.2) is 11.2 Å². The van der Waals surface area contributed by atoms with Crippen LogP contribution in [0.15, 0.2) is 47.4 Å². The van der Waals surface area contributed by atoms with Crippen LogP contribution in [0.5, 0.6) is 0 Å². The monoisotopic (exact) mass is 311 g/mol. The first-order chi connectivity index (χ1) is 9.95. The van der Waals surface area contributed by atoms with Gasteiger partial charge < -0.3 is 5.32 Å². The number of anilines is 1. The van der Waals surface area contributed by atoms with Gasteiger partial charge in [0, 0.05) is 10.6 Å². The molecule has 0 radical (unpaired) electrons. The van der Waals surface area contributed by atoms with E-state index in [0.717, 1.165) is 23.9 Å². The summed E-state index contributed by atoms with van der Waals surface area (Å²) in [6.45, 7) is 1.63. The van der Waals surface area contributed by atoms with Crippen LogP contribution in [0.3, 0.4) is 0 Å². The highest BCUT2D eigenvalue weighted by Gasteiger charge is 2.15. The number of benzene rings is 2. The van der Waals surface area contributed by atoms with Crippen molar-refractivity contribution in [1.29, 1.82) is 0 Å². The smallest absolute Gasteiger partial charge is 0.237 e. The number of halogens is 3. The van der Waals surface area contributed by atoms with Crippen LogP contribution in [0.1, 0.15) is 6.92 Å². The predicted molar refractivity (Wildman–Crippen MR) is 76.7 cm³/mol. The summed E-state index contributed by atoms with van der Waals surface area (Å²) in [5.41, 5.74) is 0.345. The fraction of sp³-hybridized carbons (Fsp3) is 0.133. The molecule has 2 rings (SSSR count). The maximum atomic E-state index is 13.1. The van der Waals surface area contributed by atoms with Crippen molar-refractivity contribution in [1.82, 2.24) is 0 Å². The van der Waals surface area contributed by atoms with Gasteiger partial charge in [-0.3, -0.25) is 4.79 Å². The maximum absolute atomic E-state index is 13.1. The van der Waals surface area contributed by atoms with Gasteiger partial charge in [-0.25, -0.2) is 13.2 Å². The molecule has 1 amide bonds. The summed E-state index contributed by atoms with van der Waals surface area (Å²) < 4.78 is 38.9. The van der Waals surface area contributed by atoms with Crippen molar-refractivity contribution in [2.45, 2.75) is 17.1 Å². The summed E-state index contributed by atoms with van der Waals surface area (Å²) in [6.07, 6.45) is 0. The Morgan fingerprint density at radius 1 is 1.10 bits per heavy atom. The molecule has 0 saturated carbocycles. The zero-order valence-corrected chi connectivity index (χ0v) is 11.9. The molecule has 2 aromatic carbocycles. The molecule has 0 spiro atoms. The van der Waals surface area contributed by atoms with E-state index in [2.05, 4.69) is 5.32 Å². The molecule has 1 N–H and O–H groups in total. The third kappa shape index (κ3) is 4.26. The first kappa shape index (κ1) is 15.4. The van der Waals surface area contributed by atoms with Crippen LogP contribution in [0, 0.1) is 17.5 Å². The second kappa shape index (κ2) is 6.67. The van der Waals surface area contributed by atoms with Crippen molar-refractivity contribution >= 4 is 23.4 Å². The molecule has 21 heavy (non-hydrogen) atoms. The predicted octanol–water partition coefficient (Wildman–Crippen LogP) is 4.22. The largest absolute Gasteiger partial charge is 0.325 e. The molecule has 0 heterocycles. The molecule has 0 aliphatic rings. The molecule has 0 bridgehead atoms. The van der Waals surface area contributed by atoms with Gasteiger partial charge in [-0.15, -0.1) is 11.8 Å². The van der Waals surface area contributed by atoms with Crippen LogP contribution in [0.25, 0.3) is 0 Å². The van der Waals surface area contributed by atoms with Crippen molar-refractivity contribution in [2.75, 3.05) is 5.32 Å². The van der Waals surface area contributed by atoms with Gasteiger partial charge in [0.05, 0.1) is 5.25 Å². The summed E-state index contributed by atoms with van der Waals surface area (Å²) in [5.74, 6) is -2.70. The molecule has 0 aliphatic carbocycles. The normalized spacial score (nSPS) is 12.0. The standard InChI is InChI=1S/C15H12F3NOS/c1-9(21-12-5-6-13(17)14(18)8-12)15(20)19-11-4-2-3-10(16)7-11/h2-9H,1H3,(H,19,20). The zero-order valence-electron chi connectivity index (χ0n) is 11.1. The summed E-state index contributed by atoms with van der Waals surface area (Å²) in [4.78, 5) is 12.4. The zero-order chi connectivity index (χ0) is 15.4. The van der Waals surface area contributed by atoms with E-state index in [-0.39, 0.29) is 5.91 Å². The van der Waals surface area contributed by atoms with Gasteiger partial charge in [0.25, 0.3) is 0 Å². The Morgan fingerprint density at radius 3 is 2.52 bits per heavy atom. The molecule has 0 fully saturated rings. The third-order valence-corrected chi connectivity index (χ3v) is 3.76. The van der Waals surface area contributed by atoms with Crippen molar-refractivity contribution in [2.24, 2.45) is 0 Å². The van der Waals surface area contributed by atoms with Crippen molar-refractivity contribution in [3.8, 4) is 0 Å². The average Bonchev–Trinajstić information content (AvgIpc) is 2.43. The lowest BCUT2D eigenvalue weighted by Crippen LogP contribution is -2.22. The molecule has 1 unspecified atom stereocenters. The molecular weight excluding hydrogens is 299 g/mol. The van der Waals surface area contributed by atoms with Crippen molar-refractivity contribution < 1.29 is 18.0 Å². The highest BCUT2D eigenvalue weighted by molar-refractivity contribution is 8.00. The second-order valence-corrected chi connectivity index (χ2v) is 5.75. The van der Waals surface area contributed by atoms with Crippen molar-refractivity contribution in [3.05, 3.63) is 59.9 Å². The Kier molecular flexibility index (Phi) is 4.90. The fourth-order valence-electron chi connectivity index (χ4n) is 1.62. The van der Waals surface area contributed by atoms with E-state index in [1.165, 1.54) is 24.3 Å². The number of nitrogens with one attached hydrogen (secondary N) is 1. The number of rotatable bonds is 4. The minimum absolute atomic E-state index is 0.345. The van der Waals surface area contributed by atoms with Gasteiger partial charge in [0.2, 0.25) is 5.91 Å². The lowest BCUT2D eigenvalue weighted by molar-refractivity contribution is -0.115. The Labute approximate surface area is 124 Å². The molecule has 2 nitrogen and oxygen atoms in total. The minimum Gasteiger partial charge on any atom is -0.325 e. The van der Waals surface area contributed by atoms with Crippen LogP contribution in [0.4, 0.5) is 18.9 Å². The molecule has 1 atom stereocenters. The molecule has 0 aliphatic heterocycles. The van der Waals surface area contributed by atoms with E-state index in [1.807, 2.05) is 0 Å². The second-order valence-electron chi connectivity index (χ2n) is 4.34. The highest BCUT2D eigenvalue weighted by Crippen LogP contribution is 2.25. The Bertz CT molecular complexity index is 663. The first-order valence-corrected chi connectivity index (χ1v) is 7.02. The van der Waals surface area contributed by atoms with Gasteiger partial charge in [-0.2, -0.15) is 0 Å². The molecule has 0 aromatic heterocycles. The van der Waals surface area contributed by atoms with E-state index in [4.69, 9.17) is 0 Å². The van der Waals surface area contributed by atoms with E-state index >= 15 is 0 Å². The lowest BCUT2D eigenvalue weighted by Gasteiger charge is -2.12. The third-order valence-electron chi connectivity index (χ3n) is 2.67. The summed E-state index contributed by atoms with van der Waals surface area (Å²) in [6, 6.07) is 8.96. The molecule has 0 saturated heterocycles. The van der Waals surface area contributed by atoms with Crippen LogP contribution < -0.4 is 5.32 Å². The average molecular weight is 311 g/mol. The maximum Gasteiger partial charge on any atom is 0.237 e. The highest BCUT2D eigenvalue weighted by atomic mass is 32.2. The van der Waals surface area contributed by atoms with Gasteiger partial charge in [0.15, 0.2) is 11.6 Å². The summed E-state index contributed by atoms with van der Waals surface area (Å²) in [7, 11) is 0. The summed E-state index contributed by atoms with van der Waals surface area (Å²) in [5, 5.41) is 2.02. The number of carbonyl (C=O) groups is 1. The Hall–Kier alpha value is -1.95. The number of carbonyl (C=O) groups excluding carboxylic acids is 1. The SMILES string of the molecule is CC(Sc1ccc(F)c(F)c1)C(=O)Nc1cccc(F)c1. The fourth-order valence-corrected chi connectivity index (χ4v) is 2.51. The number of amides is 1. The van der Waals surface area contributed by atoms with Crippen LogP contribution in [-0.2, 0) is 4.79 Å². The topological polar surface area (TPSA) is 29.1 Å². The van der Waals surface area contributed by atoms with E-state index in [9.17, 15) is 18.0 Å². The molecule has 6 heteroatoms. The van der Waals surface area contributed by atoms with Gasteiger partial charge in [-0.05, 0) is 43.3 Å².